The molecule has 0 bridgehead atoms. The van der Waals surface area contributed by atoms with Crippen LogP contribution < -0.4 is 15.8 Å². The number of H-pyrrole nitrogens is 1. The van der Waals surface area contributed by atoms with E-state index < -0.39 is 0 Å². The van der Waals surface area contributed by atoms with Crippen LogP contribution >= 0.6 is 11.8 Å². The summed E-state index contributed by atoms with van der Waals surface area (Å²) in [6.45, 7) is 3.01. The van der Waals surface area contributed by atoms with Crippen LogP contribution in [0.2, 0.25) is 0 Å². The molecule has 1 saturated heterocycles. The number of nitrogens with one attached hydrogen (secondary N) is 2. The molecule has 1 aliphatic rings. The van der Waals surface area contributed by atoms with Crippen molar-refractivity contribution in [3.8, 4) is 17.0 Å². The van der Waals surface area contributed by atoms with Crippen molar-refractivity contribution in [3.63, 3.8) is 0 Å². The van der Waals surface area contributed by atoms with E-state index in [-0.39, 0.29) is 0 Å². The Hall–Kier alpha value is -3.11. The van der Waals surface area contributed by atoms with Crippen molar-refractivity contribution >= 4 is 28.7 Å². The Morgan fingerprint density at radius 3 is 2.88 bits per heavy atom. The maximum absolute atomic E-state index is 6.15. The van der Waals surface area contributed by atoms with E-state index in [1.165, 1.54) is 19.2 Å². The molecule has 0 atom stereocenters. The molecule has 0 radical (unpaired) electrons. The lowest BCUT2D eigenvalue weighted by Crippen LogP contribution is -2.28. The summed E-state index contributed by atoms with van der Waals surface area (Å²) in [5.41, 5.74) is 9.54. The number of hydrogen-bond acceptors (Lipinski definition) is 8. The number of nitrogens with two attached hydrogens (primary N) is 1. The molecule has 0 aliphatic carbocycles. The number of aromatic nitrogens is 6. The lowest BCUT2D eigenvalue weighted by atomic mass is 9.95. The average molecular weight is 451 g/mol. The second-order valence-electron chi connectivity index (χ2n) is 7.89. The summed E-state index contributed by atoms with van der Waals surface area (Å²) in [4.78, 5) is 14.5. The molecule has 1 fully saturated rings. The number of fused-ring (bicyclic) bond motifs is 1. The fourth-order valence-electron chi connectivity index (χ4n) is 4.14. The highest BCUT2D eigenvalue weighted by atomic mass is 32.2. The van der Waals surface area contributed by atoms with Gasteiger partial charge in [-0.05, 0) is 62.5 Å². The molecule has 0 unspecified atom stereocenters. The Labute approximate surface area is 190 Å². The number of nitrogens with zero attached hydrogens (tertiary/aromatic N) is 5. The van der Waals surface area contributed by atoms with Gasteiger partial charge in [0.15, 0.2) is 22.1 Å². The monoisotopic (exact) mass is 450 g/mol. The number of methoxy groups -OCH3 is 1. The van der Waals surface area contributed by atoms with Crippen LogP contribution in [-0.4, -0.2) is 49.9 Å². The maximum Gasteiger partial charge on any atom is 0.175 e. The van der Waals surface area contributed by atoms with Crippen molar-refractivity contribution in [2.75, 3.05) is 25.9 Å². The highest BCUT2D eigenvalue weighted by Gasteiger charge is 2.20. The van der Waals surface area contributed by atoms with Crippen molar-refractivity contribution in [2.24, 2.45) is 5.92 Å². The zero-order valence-corrected chi connectivity index (χ0v) is 18.7. The summed E-state index contributed by atoms with van der Waals surface area (Å²) in [6.07, 6.45) is 6.74. The SMILES string of the molecule is COc1ccc(-c2ccn[nH]2)c(Sc2nc3c(N)ncnc3n2CCC2CCNCC2)c1. The van der Waals surface area contributed by atoms with Gasteiger partial charge in [-0.25, -0.2) is 15.0 Å². The van der Waals surface area contributed by atoms with Crippen LogP contribution in [0.15, 0.2) is 46.8 Å². The number of nitrogen functional groups attached to an aromatic ring is 1. The molecule has 0 spiro atoms. The number of piperidine rings is 1. The molecule has 1 aromatic carbocycles. The third-order valence-corrected chi connectivity index (χ3v) is 6.98. The Morgan fingerprint density at radius 2 is 2.09 bits per heavy atom. The van der Waals surface area contributed by atoms with Gasteiger partial charge in [-0.15, -0.1) is 0 Å². The van der Waals surface area contributed by atoms with E-state index in [0.29, 0.717) is 17.3 Å². The predicted molar refractivity (Wildman–Crippen MR) is 125 cm³/mol. The normalized spacial score (nSPS) is 14.8. The molecule has 32 heavy (non-hydrogen) atoms. The lowest BCUT2D eigenvalue weighted by molar-refractivity contribution is 0.335. The number of hydrogen-bond donors (Lipinski definition) is 3. The number of aromatic amines is 1. The summed E-state index contributed by atoms with van der Waals surface area (Å²) in [7, 11) is 1.67. The molecule has 3 aromatic heterocycles. The lowest BCUT2D eigenvalue weighted by Gasteiger charge is -2.23. The summed E-state index contributed by atoms with van der Waals surface area (Å²) in [6, 6.07) is 7.95. The number of ether oxygens (including phenoxy) is 1. The molecule has 4 aromatic rings. The number of benzene rings is 1. The van der Waals surface area contributed by atoms with Gasteiger partial charge in [-0.2, -0.15) is 5.10 Å². The molecule has 9 nitrogen and oxygen atoms in total. The Morgan fingerprint density at radius 1 is 1.22 bits per heavy atom. The van der Waals surface area contributed by atoms with E-state index in [9.17, 15) is 0 Å². The van der Waals surface area contributed by atoms with Gasteiger partial charge in [0.05, 0.1) is 12.8 Å². The molecule has 4 heterocycles. The van der Waals surface area contributed by atoms with Crippen molar-refractivity contribution in [3.05, 3.63) is 36.8 Å². The van der Waals surface area contributed by atoms with Gasteiger partial charge in [-0.3, -0.25) is 5.10 Å². The molecular weight excluding hydrogens is 424 g/mol. The average Bonchev–Trinajstić information content (AvgIpc) is 3.47. The van der Waals surface area contributed by atoms with Gasteiger partial charge in [0.25, 0.3) is 0 Å². The van der Waals surface area contributed by atoms with Crippen LogP contribution in [0.1, 0.15) is 19.3 Å². The van der Waals surface area contributed by atoms with Crippen LogP contribution in [-0.2, 0) is 6.54 Å². The van der Waals surface area contributed by atoms with E-state index >= 15 is 0 Å². The second-order valence-corrected chi connectivity index (χ2v) is 8.90. The van der Waals surface area contributed by atoms with Crippen LogP contribution in [0.25, 0.3) is 22.4 Å². The first-order valence-electron chi connectivity index (χ1n) is 10.8. The standard InChI is InChI=1S/C22H26N8OS/c1-31-15-2-3-16(17-6-10-27-29-17)18(12-15)32-22-28-19-20(23)25-13-26-21(19)30(22)11-7-14-4-8-24-9-5-14/h2-3,6,10,12-14,24H,4-5,7-9,11H2,1H3,(H,27,29)(H2,23,25,26). The van der Waals surface area contributed by atoms with Gasteiger partial charge < -0.3 is 20.4 Å². The second kappa shape index (κ2) is 9.17. The maximum atomic E-state index is 6.15. The first kappa shape index (κ1) is 20.8. The first-order valence-corrected chi connectivity index (χ1v) is 11.6. The topological polar surface area (TPSA) is 120 Å². The van der Waals surface area contributed by atoms with Crippen molar-refractivity contribution < 1.29 is 4.74 Å². The third-order valence-electron chi connectivity index (χ3n) is 5.93. The molecule has 4 N–H and O–H groups in total. The zero-order valence-electron chi connectivity index (χ0n) is 17.9. The van der Waals surface area contributed by atoms with E-state index in [0.717, 1.165) is 58.8 Å². The van der Waals surface area contributed by atoms with Gasteiger partial charge in [-0.1, -0.05) is 11.8 Å². The number of rotatable bonds is 7. The van der Waals surface area contributed by atoms with Crippen molar-refractivity contribution in [2.45, 2.75) is 35.9 Å². The fraction of sp³-hybridized carbons (Fsp3) is 0.364. The number of anilines is 1. The van der Waals surface area contributed by atoms with Crippen molar-refractivity contribution in [1.82, 2.24) is 35.0 Å². The van der Waals surface area contributed by atoms with E-state index in [1.54, 1.807) is 25.1 Å². The van der Waals surface area contributed by atoms with Crippen molar-refractivity contribution in [1.29, 1.82) is 0 Å². The summed E-state index contributed by atoms with van der Waals surface area (Å²) in [5, 5.41) is 11.4. The van der Waals surface area contributed by atoms with Gasteiger partial charge >= 0.3 is 0 Å². The van der Waals surface area contributed by atoms with E-state index in [2.05, 4.69) is 30.0 Å². The fourth-order valence-corrected chi connectivity index (χ4v) is 5.22. The predicted octanol–water partition coefficient (Wildman–Crippen LogP) is 3.35. The molecule has 1 aliphatic heterocycles. The largest absolute Gasteiger partial charge is 0.497 e. The highest BCUT2D eigenvalue weighted by Crippen LogP contribution is 2.39. The number of imidazole rings is 1. The molecule has 166 valence electrons. The minimum absolute atomic E-state index is 0.400. The van der Waals surface area contributed by atoms with E-state index in [4.69, 9.17) is 15.5 Å². The molecule has 10 heteroatoms. The minimum Gasteiger partial charge on any atom is -0.497 e. The van der Waals surface area contributed by atoms with Gasteiger partial charge in [0.1, 0.15) is 12.1 Å². The summed E-state index contributed by atoms with van der Waals surface area (Å²) in [5.74, 6) is 1.88. The van der Waals surface area contributed by atoms with Gasteiger partial charge in [0, 0.05) is 23.2 Å². The Bertz CT molecular complexity index is 1200. The third kappa shape index (κ3) is 4.15. The van der Waals surface area contributed by atoms with Crippen LogP contribution in [0, 0.1) is 5.92 Å². The first-order chi connectivity index (χ1) is 15.7. The number of aryl methyl sites for hydroxylation is 1. The Kier molecular flexibility index (Phi) is 5.95. The highest BCUT2D eigenvalue weighted by molar-refractivity contribution is 7.99. The van der Waals surface area contributed by atoms with Crippen LogP contribution in [0.5, 0.6) is 5.75 Å². The summed E-state index contributed by atoms with van der Waals surface area (Å²) < 4.78 is 7.66. The molecular formula is C22H26N8OS. The quantitative estimate of drug-likeness (QED) is 0.392. The van der Waals surface area contributed by atoms with Crippen LogP contribution in [0.4, 0.5) is 5.82 Å². The Balaban J connectivity index is 1.53. The van der Waals surface area contributed by atoms with E-state index in [1.807, 2.05) is 24.3 Å². The minimum atomic E-state index is 0.400. The zero-order chi connectivity index (χ0) is 21.9. The van der Waals surface area contributed by atoms with Gasteiger partial charge in [0.2, 0.25) is 0 Å². The molecule has 0 amide bonds. The van der Waals surface area contributed by atoms with Crippen LogP contribution in [0.3, 0.4) is 0 Å². The molecule has 5 rings (SSSR count). The summed E-state index contributed by atoms with van der Waals surface area (Å²) >= 11 is 1.58. The molecule has 0 saturated carbocycles. The smallest absolute Gasteiger partial charge is 0.175 e.